The van der Waals surface area contributed by atoms with Crippen molar-refractivity contribution >= 4 is 22.6 Å². The molecule has 1 aliphatic rings. The van der Waals surface area contributed by atoms with Gasteiger partial charge in [0.25, 0.3) is 0 Å². The van der Waals surface area contributed by atoms with Crippen molar-refractivity contribution in [1.82, 2.24) is 9.27 Å². The molecule has 1 aromatic rings. The van der Waals surface area contributed by atoms with Crippen molar-refractivity contribution in [2.45, 2.75) is 45.1 Å². The van der Waals surface area contributed by atoms with Crippen LogP contribution in [0.1, 0.15) is 45.2 Å². The number of nitrogen functional groups attached to an aromatic ring is 1. The first-order chi connectivity index (χ1) is 8.85. The predicted molar refractivity (Wildman–Crippen MR) is 76.3 cm³/mol. The third kappa shape index (κ3) is 3.83. The molecule has 5 nitrogen and oxygen atoms in total. The quantitative estimate of drug-likeness (QED) is 0.860. The van der Waals surface area contributed by atoms with Crippen molar-refractivity contribution in [3.63, 3.8) is 0 Å². The van der Waals surface area contributed by atoms with Gasteiger partial charge in [0, 0.05) is 19.0 Å². The molecule has 0 aliphatic carbocycles. The summed E-state index contributed by atoms with van der Waals surface area (Å²) in [5.74, 6) is 0.409. The molecule has 2 heterocycles. The average Bonchev–Trinajstić information content (AvgIpc) is 2.74. The summed E-state index contributed by atoms with van der Waals surface area (Å²) in [5, 5.41) is 0.754. The molecule has 0 radical (unpaired) electrons. The van der Waals surface area contributed by atoms with Crippen molar-refractivity contribution in [1.29, 1.82) is 0 Å². The molecule has 0 aromatic carbocycles. The Morgan fingerprint density at radius 1 is 1.47 bits per heavy atom. The zero-order chi connectivity index (χ0) is 14.0. The molecule has 0 bridgehead atoms. The molecule has 19 heavy (non-hydrogen) atoms. The van der Waals surface area contributed by atoms with E-state index < -0.39 is 5.60 Å². The Balaban J connectivity index is 1.87. The van der Waals surface area contributed by atoms with E-state index in [2.05, 4.69) is 4.37 Å². The summed E-state index contributed by atoms with van der Waals surface area (Å²) in [6, 6.07) is 1.94. The number of piperidine rings is 1. The molecular formula is C13H21N3O2S. The first-order valence-electron chi connectivity index (χ1n) is 6.55. The minimum atomic E-state index is -0.433. The van der Waals surface area contributed by atoms with Gasteiger partial charge in [-0.3, -0.25) is 0 Å². The maximum atomic E-state index is 11.9. The second kappa shape index (κ2) is 5.36. The molecule has 0 atom stereocenters. The molecule has 6 heteroatoms. The molecule has 1 saturated heterocycles. The molecule has 1 aromatic heterocycles. The van der Waals surface area contributed by atoms with E-state index >= 15 is 0 Å². The lowest BCUT2D eigenvalue weighted by molar-refractivity contribution is 0.0204. The summed E-state index contributed by atoms with van der Waals surface area (Å²) in [7, 11) is 0. The van der Waals surface area contributed by atoms with Crippen LogP contribution in [0, 0.1) is 0 Å². The van der Waals surface area contributed by atoms with Gasteiger partial charge in [0.1, 0.15) is 10.6 Å². The second-order valence-corrected chi connectivity index (χ2v) is 6.73. The van der Waals surface area contributed by atoms with E-state index in [-0.39, 0.29) is 6.09 Å². The highest BCUT2D eigenvalue weighted by molar-refractivity contribution is 7.10. The predicted octanol–water partition coefficient (Wildman–Crippen LogP) is 2.84. The number of hydrogen-bond donors (Lipinski definition) is 1. The molecule has 0 spiro atoms. The fourth-order valence-corrected chi connectivity index (χ4v) is 2.77. The van der Waals surface area contributed by atoms with Crippen LogP contribution in [0.25, 0.3) is 0 Å². The number of nitrogens with two attached hydrogens (primary N) is 1. The fourth-order valence-electron chi connectivity index (χ4n) is 2.18. The average molecular weight is 283 g/mol. The van der Waals surface area contributed by atoms with Gasteiger partial charge in [-0.15, -0.1) is 0 Å². The van der Waals surface area contributed by atoms with Crippen LogP contribution in [-0.4, -0.2) is 34.1 Å². The van der Waals surface area contributed by atoms with E-state index in [1.807, 2.05) is 26.8 Å². The van der Waals surface area contributed by atoms with Crippen LogP contribution < -0.4 is 5.73 Å². The third-order valence-electron chi connectivity index (χ3n) is 3.11. The summed E-state index contributed by atoms with van der Waals surface area (Å²) < 4.78 is 9.73. The molecule has 1 aliphatic heterocycles. The van der Waals surface area contributed by atoms with Crippen LogP contribution in [0.2, 0.25) is 0 Å². The number of rotatable bonds is 1. The Morgan fingerprint density at radius 3 is 2.58 bits per heavy atom. The summed E-state index contributed by atoms with van der Waals surface area (Å²) in [6.45, 7) is 7.09. The molecule has 2 rings (SSSR count). The molecule has 1 amide bonds. The summed E-state index contributed by atoms with van der Waals surface area (Å²) in [4.78, 5) is 13.7. The smallest absolute Gasteiger partial charge is 0.410 e. The fraction of sp³-hybridized carbons (Fsp3) is 0.692. The summed E-state index contributed by atoms with van der Waals surface area (Å²) in [6.07, 6.45) is 1.62. The van der Waals surface area contributed by atoms with E-state index in [1.54, 1.807) is 4.90 Å². The van der Waals surface area contributed by atoms with E-state index in [4.69, 9.17) is 10.5 Å². The van der Waals surface area contributed by atoms with Crippen LogP contribution in [0.5, 0.6) is 0 Å². The lowest BCUT2D eigenvalue weighted by Crippen LogP contribution is -2.41. The first kappa shape index (κ1) is 14.1. The second-order valence-electron chi connectivity index (χ2n) is 5.90. The van der Waals surface area contributed by atoms with Gasteiger partial charge >= 0.3 is 6.09 Å². The van der Waals surface area contributed by atoms with Gasteiger partial charge in [0.15, 0.2) is 0 Å². The van der Waals surface area contributed by atoms with Gasteiger partial charge in [-0.2, -0.15) is 4.37 Å². The Hall–Kier alpha value is -1.30. The summed E-state index contributed by atoms with van der Waals surface area (Å²) in [5.41, 5.74) is 6.33. The summed E-state index contributed by atoms with van der Waals surface area (Å²) >= 11 is 1.34. The first-order valence-corrected chi connectivity index (χ1v) is 7.32. The van der Waals surface area contributed by atoms with Crippen LogP contribution in [0.4, 0.5) is 9.80 Å². The number of hydrogen-bond acceptors (Lipinski definition) is 5. The maximum Gasteiger partial charge on any atom is 0.410 e. The molecular weight excluding hydrogens is 262 g/mol. The number of carbonyl (C=O) groups excluding carboxylic acids is 1. The van der Waals surface area contributed by atoms with E-state index in [0.717, 1.165) is 36.6 Å². The van der Waals surface area contributed by atoms with Crippen molar-refractivity contribution in [3.05, 3.63) is 11.8 Å². The monoisotopic (exact) mass is 283 g/mol. The van der Waals surface area contributed by atoms with Gasteiger partial charge in [0.05, 0.1) is 5.69 Å². The lowest BCUT2D eigenvalue weighted by Gasteiger charge is -2.32. The highest BCUT2D eigenvalue weighted by Gasteiger charge is 2.28. The number of aromatic nitrogens is 1. The topological polar surface area (TPSA) is 68.5 Å². The Labute approximate surface area is 117 Å². The van der Waals surface area contributed by atoms with Crippen molar-refractivity contribution in [2.24, 2.45) is 0 Å². The van der Waals surface area contributed by atoms with Gasteiger partial charge in [-0.05, 0) is 51.2 Å². The van der Waals surface area contributed by atoms with Crippen LogP contribution in [0.15, 0.2) is 6.07 Å². The van der Waals surface area contributed by atoms with Crippen LogP contribution >= 0.6 is 11.5 Å². The van der Waals surface area contributed by atoms with Gasteiger partial charge < -0.3 is 15.4 Å². The number of nitrogens with zero attached hydrogens (tertiary/aromatic N) is 2. The highest BCUT2D eigenvalue weighted by atomic mass is 32.1. The molecule has 106 valence electrons. The van der Waals surface area contributed by atoms with Crippen LogP contribution in [-0.2, 0) is 4.74 Å². The standard InChI is InChI=1S/C13H21N3O2S/c1-13(2,3)18-12(17)16-6-4-9(5-7-16)10-8-11(14)19-15-10/h8-9H,4-7,14H2,1-3H3. The number of carbonyl (C=O) groups is 1. The van der Waals surface area contributed by atoms with E-state index in [1.165, 1.54) is 11.5 Å². The number of likely N-dealkylation sites (tertiary alicyclic amines) is 1. The number of ether oxygens (including phenoxy) is 1. The minimum absolute atomic E-state index is 0.219. The van der Waals surface area contributed by atoms with Gasteiger partial charge in [0.2, 0.25) is 0 Å². The molecule has 1 fully saturated rings. The number of anilines is 1. The zero-order valence-corrected chi connectivity index (χ0v) is 12.5. The molecule has 0 saturated carbocycles. The van der Waals surface area contributed by atoms with E-state index in [9.17, 15) is 4.79 Å². The minimum Gasteiger partial charge on any atom is -0.444 e. The maximum absolute atomic E-state index is 11.9. The molecule has 2 N–H and O–H groups in total. The zero-order valence-electron chi connectivity index (χ0n) is 11.7. The highest BCUT2D eigenvalue weighted by Crippen LogP contribution is 2.30. The van der Waals surface area contributed by atoms with Crippen LogP contribution in [0.3, 0.4) is 0 Å². The Bertz CT molecular complexity index is 445. The van der Waals surface area contributed by atoms with Gasteiger partial charge in [-0.25, -0.2) is 4.79 Å². The Morgan fingerprint density at radius 2 is 2.11 bits per heavy atom. The lowest BCUT2D eigenvalue weighted by atomic mass is 9.94. The van der Waals surface area contributed by atoms with Gasteiger partial charge in [-0.1, -0.05) is 0 Å². The van der Waals surface area contributed by atoms with Crippen molar-refractivity contribution in [3.8, 4) is 0 Å². The number of amides is 1. The largest absolute Gasteiger partial charge is 0.444 e. The van der Waals surface area contributed by atoms with Crippen molar-refractivity contribution < 1.29 is 9.53 Å². The third-order valence-corrected chi connectivity index (χ3v) is 3.74. The normalized spacial score (nSPS) is 17.5. The Kier molecular flexibility index (Phi) is 3.99. The van der Waals surface area contributed by atoms with E-state index in [0.29, 0.717) is 5.92 Å². The molecule has 0 unspecified atom stereocenters. The van der Waals surface area contributed by atoms with Crippen molar-refractivity contribution in [2.75, 3.05) is 18.8 Å². The SMILES string of the molecule is CC(C)(C)OC(=O)N1CCC(c2cc(N)sn2)CC1.